The Morgan fingerprint density at radius 1 is 0.913 bits per heavy atom. The minimum Gasteiger partial charge on any atom is -0.456 e. The lowest BCUT2D eigenvalue weighted by atomic mass is 9.86. The number of hydrogen-bond donors (Lipinski definition) is 1. The van der Waals surface area contributed by atoms with Crippen LogP contribution in [0.3, 0.4) is 0 Å². The normalized spacial score (nSPS) is 31.4. The van der Waals surface area contributed by atoms with E-state index < -0.39 is 0 Å². The molecule has 3 saturated carbocycles. The highest BCUT2D eigenvalue weighted by Crippen LogP contribution is 2.49. The number of carbonyl (C=O) groups excluding carboxylic acids is 2. The standard InChI is InChI=1S/C19H31NO3/c21-18(20-17-6-4-2-1-3-5-7-17)13-23-19(22)12-16-11-14-8-9-15(16)10-14/h14-17H,1-13H2,(H,20,21). The van der Waals surface area contributed by atoms with Crippen molar-refractivity contribution in [3.63, 3.8) is 0 Å². The molecule has 4 heteroatoms. The zero-order chi connectivity index (χ0) is 16.1. The topological polar surface area (TPSA) is 55.4 Å². The summed E-state index contributed by atoms with van der Waals surface area (Å²) < 4.78 is 5.22. The first kappa shape index (κ1) is 16.8. The zero-order valence-corrected chi connectivity index (χ0v) is 14.2. The Kier molecular flexibility index (Phi) is 5.96. The molecule has 0 saturated heterocycles. The maximum absolute atomic E-state index is 12.0. The Bertz CT molecular complexity index is 415. The van der Waals surface area contributed by atoms with E-state index in [1.165, 1.54) is 57.8 Å². The van der Waals surface area contributed by atoms with E-state index in [4.69, 9.17) is 4.74 Å². The second kappa shape index (κ2) is 8.16. The molecule has 1 N–H and O–H groups in total. The fourth-order valence-electron chi connectivity index (χ4n) is 4.92. The first-order valence-corrected chi connectivity index (χ1v) is 9.65. The van der Waals surface area contributed by atoms with Gasteiger partial charge < -0.3 is 10.1 Å². The van der Waals surface area contributed by atoms with Crippen molar-refractivity contribution < 1.29 is 14.3 Å². The van der Waals surface area contributed by atoms with Gasteiger partial charge in [0.15, 0.2) is 6.61 Å². The third-order valence-electron chi connectivity index (χ3n) is 6.15. The molecule has 4 nitrogen and oxygen atoms in total. The number of nitrogens with one attached hydrogen (secondary N) is 1. The molecule has 1 amide bonds. The lowest BCUT2D eigenvalue weighted by Gasteiger charge is -2.22. The largest absolute Gasteiger partial charge is 0.456 e. The van der Waals surface area contributed by atoms with Crippen molar-refractivity contribution in [3.8, 4) is 0 Å². The minimum absolute atomic E-state index is 0.101. The van der Waals surface area contributed by atoms with Gasteiger partial charge in [-0.1, -0.05) is 38.5 Å². The maximum Gasteiger partial charge on any atom is 0.306 e. The molecule has 0 aromatic heterocycles. The van der Waals surface area contributed by atoms with Crippen LogP contribution in [0.4, 0.5) is 0 Å². The Morgan fingerprint density at radius 3 is 2.30 bits per heavy atom. The highest BCUT2D eigenvalue weighted by atomic mass is 16.5. The Hall–Kier alpha value is -1.06. The lowest BCUT2D eigenvalue weighted by Crippen LogP contribution is -2.38. The van der Waals surface area contributed by atoms with E-state index in [0.717, 1.165) is 24.7 Å². The lowest BCUT2D eigenvalue weighted by molar-refractivity contribution is -0.150. The van der Waals surface area contributed by atoms with Crippen molar-refractivity contribution >= 4 is 11.9 Å². The second-order valence-electron chi connectivity index (χ2n) is 7.91. The summed E-state index contributed by atoms with van der Waals surface area (Å²) in [5.41, 5.74) is 0. The molecule has 0 radical (unpaired) electrons. The predicted molar refractivity (Wildman–Crippen MR) is 88.8 cm³/mol. The molecular formula is C19H31NO3. The molecule has 3 aliphatic carbocycles. The fraction of sp³-hybridized carbons (Fsp3) is 0.895. The molecule has 23 heavy (non-hydrogen) atoms. The van der Waals surface area contributed by atoms with Crippen LogP contribution in [0, 0.1) is 17.8 Å². The molecule has 0 aromatic carbocycles. The summed E-state index contributed by atoms with van der Waals surface area (Å²) in [4.78, 5) is 24.0. The van der Waals surface area contributed by atoms with Gasteiger partial charge in [-0.2, -0.15) is 0 Å². The monoisotopic (exact) mass is 321 g/mol. The third-order valence-corrected chi connectivity index (χ3v) is 6.15. The summed E-state index contributed by atoms with van der Waals surface area (Å²) in [6, 6.07) is 0.270. The van der Waals surface area contributed by atoms with Gasteiger partial charge in [0.1, 0.15) is 0 Å². The summed E-state index contributed by atoms with van der Waals surface area (Å²) in [5.74, 6) is 1.78. The highest BCUT2D eigenvalue weighted by Gasteiger charge is 2.40. The van der Waals surface area contributed by atoms with Gasteiger partial charge in [0.05, 0.1) is 0 Å². The van der Waals surface area contributed by atoms with E-state index in [0.29, 0.717) is 12.3 Å². The first-order valence-electron chi connectivity index (χ1n) is 9.65. The minimum atomic E-state index is -0.185. The van der Waals surface area contributed by atoms with E-state index in [-0.39, 0.29) is 24.5 Å². The predicted octanol–water partition coefficient (Wildman–Crippen LogP) is 3.59. The van der Waals surface area contributed by atoms with Gasteiger partial charge in [0.2, 0.25) is 0 Å². The summed E-state index contributed by atoms with van der Waals surface area (Å²) in [6.45, 7) is -0.101. The Morgan fingerprint density at radius 2 is 1.65 bits per heavy atom. The van der Waals surface area contributed by atoms with Gasteiger partial charge in [-0.25, -0.2) is 0 Å². The molecule has 3 aliphatic rings. The van der Waals surface area contributed by atoms with Gasteiger partial charge in [-0.15, -0.1) is 0 Å². The van der Waals surface area contributed by atoms with Gasteiger partial charge in [-0.05, 0) is 49.9 Å². The quantitative estimate of drug-likeness (QED) is 0.787. The van der Waals surface area contributed by atoms with Crippen molar-refractivity contribution in [1.29, 1.82) is 0 Å². The SMILES string of the molecule is O=C(COC(=O)CC1CC2CCC1C2)NC1CCCCCCC1. The molecule has 3 fully saturated rings. The van der Waals surface area contributed by atoms with Crippen LogP contribution < -0.4 is 5.32 Å². The average molecular weight is 321 g/mol. The Balaban J connectivity index is 1.32. The Labute approximate surface area is 139 Å². The van der Waals surface area contributed by atoms with Crippen molar-refractivity contribution in [3.05, 3.63) is 0 Å². The zero-order valence-electron chi connectivity index (χ0n) is 14.2. The summed E-state index contributed by atoms with van der Waals surface area (Å²) >= 11 is 0. The number of rotatable bonds is 5. The number of esters is 1. The van der Waals surface area contributed by atoms with Crippen LogP contribution >= 0.6 is 0 Å². The molecular weight excluding hydrogens is 290 g/mol. The van der Waals surface area contributed by atoms with Crippen molar-refractivity contribution in [2.45, 2.75) is 83.1 Å². The van der Waals surface area contributed by atoms with Crippen molar-refractivity contribution in [2.75, 3.05) is 6.61 Å². The van der Waals surface area contributed by atoms with E-state index in [1.54, 1.807) is 0 Å². The van der Waals surface area contributed by atoms with Gasteiger partial charge in [0, 0.05) is 12.5 Å². The van der Waals surface area contributed by atoms with Crippen LogP contribution in [0.1, 0.15) is 77.0 Å². The molecule has 2 bridgehead atoms. The molecule has 3 unspecified atom stereocenters. The average Bonchev–Trinajstić information content (AvgIpc) is 3.10. The molecule has 130 valence electrons. The van der Waals surface area contributed by atoms with E-state index in [2.05, 4.69) is 5.32 Å². The number of amides is 1. The van der Waals surface area contributed by atoms with Crippen LogP contribution in [0.5, 0.6) is 0 Å². The highest BCUT2D eigenvalue weighted by molar-refractivity contribution is 5.80. The van der Waals surface area contributed by atoms with E-state index in [9.17, 15) is 9.59 Å². The molecule has 0 aromatic rings. The third kappa shape index (κ3) is 4.95. The van der Waals surface area contributed by atoms with Crippen LogP contribution in [-0.4, -0.2) is 24.5 Å². The molecule has 3 atom stereocenters. The number of hydrogen-bond acceptors (Lipinski definition) is 3. The summed E-state index contributed by atoms with van der Waals surface area (Å²) in [6.07, 6.45) is 14.0. The van der Waals surface area contributed by atoms with Gasteiger partial charge >= 0.3 is 5.97 Å². The summed E-state index contributed by atoms with van der Waals surface area (Å²) in [7, 11) is 0. The molecule has 0 aliphatic heterocycles. The first-order chi connectivity index (χ1) is 11.2. The van der Waals surface area contributed by atoms with Gasteiger partial charge in [0.25, 0.3) is 5.91 Å². The molecule has 3 rings (SSSR count). The van der Waals surface area contributed by atoms with Crippen LogP contribution in [0.15, 0.2) is 0 Å². The number of ether oxygens (including phenoxy) is 1. The van der Waals surface area contributed by atoms with Crippen LogP contribution in [0.25, 0.3) is 0 Å². The van der Waals surface area contributed by atoms with Crippen molar-refractivity contribution in [1.82, 2.24) is 5.32 Å². The van der Waals surface area contributed by atoms with E-state index >= 15 is 0 Å². The summed E-state index contributed by atoms with van der Waals surface area (Å²) in [5, 5.41) is 3.05. The van der Waals surface area contributed by atoms with Gasteiger partial charge in [-0.3, -0.25) is 9.59 Å². The second-order valence-corrected chi connectivity index (χ2v) is 7.91. The number of carbonyl (C=O) groups is 2. The van der Waals surface area contributed by atoms with Crippen LogP contribution in [0.2, 0.25) is 0 Å². The molecule has 0 spiro atoms. The maximum atomic E-state index is 12.0. The van der Waals surface area contributed by atoms with Crippen molar-refractivity contribution in [2.24, 2.45) is 17.8 Å². The van der Waals surface area contributed by atoms with E-state index in [1.807, 2.05) is 0 Å². The van der Waals surface area contributed by atoms with Crippen LogP contribution in [-0.2, 0) is 14.3 Å². The smallest absolute Gasteiger partial charge is 0.306 e. The number of fused-ring (bicyclic) bond motifs is 2. The fourth-order valence-corrected chi connectivity index (χ4v) is 4.92. The molecule has 0 heterocycles.